The summed E-state index contributed by atoms with van der Waals surface area (Å²) in [4.78, 5) is 21.9. The highest BCUT2D eigenvalue weighted by molar-refractivity contribution is 6.26. The third-order valence-electron chi connectivity index (χ3n) is 2.18. The molecule has 4 nitrogen and oxygen atoms in total. The summed E-state index contributed by atoms with van der Waals surface area (Å²) in [5.74, 6) is -1.36. The van der Waals surface area contributed by atoms with E-state index >= 15 is 0 Å². The van der Waals surface area contributed by atoms with Gasteiger partial charge in [0, 0.05) is 0 Å². The summed E-state index contributed by atoms with van der Waals surface area (Å²) < 4.78 is 10.1. The molecule has 0 N–H and O–H groups in total. The average Bonchev–Trinajstić information content (AvgIpc) is 2.65. The third-order valence-corrected chi connectivity index (χ3v) is 2.61. The van der Waals surface area contributed by atoms with E-state index in [0.717, 1.165) is 6.42 Å². The second-order valence-corrected chi connectivity index (χ2v) is 3.79. The molecular weight excluding hydrogens is 243 g/mol. The zero-order valence-electron chi connectivity index (χ0n) is 8.08. The van der Waals surface area contributed by atoms with Crippen LogP contribution in [0.3, 0.4) is 0 Å². The van der Waals surface area contributed by atoms with E-state index in [4.69, 9.17) is 32.7 Å². The van der Waals surface area contributed by atoms with Gasteiger partial charge in [-0.05, 0) is 19.3 Å². The first-order valence-corrected chi connectivity index (χ1v) is 5.75. The van der Waals surface area contributed by atoms with Crippen LogP contribution in [0.15, 0.2) is 0 Å². The average molecular weight is 255 g/mol. The van der Waals surface area contributed by atoms with Gasteiger partial charge in [0.25, 0.3) is 0 Å². The van der Waals surface area contributed by atoms with Crippen molar-refractivity contribution in [3.8, 4) is 0 Å². The molecule has 15 heavy (non-hydrogen) atoms. The van der Waals surface area contributed by atoms with Crippen molar-refractivity contribution in [1.29, 1.82) is 0 Å². The fourth-order valence-corrected chi connectivity index (χ4v) is 1.69. The van der Waals surface area contributed by atoms with Crippen LogP contribution in [0.5, 0.6) is 0 Å². The van der Waals surface area contributed by atoms with Crippen molar-refractivity contribution in [2.45, 2.75) is 31.5 Å². The lowest BCUT2D eigenvalue weighted by molar-refractivity contribution is -0.161. The second-order valence-electron chi connectivity index (χ2n) is 3.25. The van der Waals surface area contributed by atoms with Crippen LogP contribution in [0.25, 0.3) is 0 Å². The fourth-order valence-electron chi connectivity index (χ4n) is 1.56. The van der Waals surface area contributed by atoms with Gasteiger partial charge in [-0.15, -0.1) is 23.2 Å². The number of carbonyl (C=O) groups is 2. The Kier molecular flexibility index (Phi) is 5.19. The molecule has 1 aliphatic carbocycles. The maximum absolute atomic E-state index is 10.9. The van der Waals surface area contributed by atoms with Crippen molar-refractivity contribution in [1.82, 2.24) is 0 Å². The van der Waals surface area contributed by atoms with Crippen molar-refractivity contribution in [2.24, 2.45) is 0 Å². The normalized spacial score (nSPS) is 24.9. The molecule has 0 aliphatic heterocycles. The summed E-state index contributed by atoms with van der Waals surface area (Å²) in [6.45, 7) is 0. The highest BCUT2D eigenvalue weighted by atomic mass is 35.5. The number of hydrogen-bond donors (Lipinski definition) is 0. The molecule has 1 rings (SSSR count). The first-order valence-electron chi connectivity index (χ1n) is 4.68. The van der Waals surface area contributed by atoms with Crippen molar-refractivity contribution in [3.63, 3.8) is 0 Å². The zero-order chi connectivity index (χ0) is 11.3. The van der Waals surface area contributed by atoms with Crippen LogP contribution >= 0.6 is 23.2 Å². The highest BCUT2D eigenvalue weighted by Gasteiger charge is 2.33. The molecular formula is C9H12Cl2O4. The number of halogens is 2. The molecule has 1 aliphatic rings. The summed E-state index contributed by atoms with van der Waals surface area (Å²) in [6.07, 6.45) is 1.51. The molecule has 0 bridgehead atoms. The Balaban J connectivity index is 2.42. The van der Waals surface area contributed by atoms with Gasteiger partial charge in [-0.3, -0.25) is 9.59 Å². The lowest BCUT2D eigenvalue weighted by Gasteiger charge is -2.19. The van der Waals surface area contributed by atoms with E-state index < -0.39 is 11.9 Å². The number of hydrogen-bond acceptors (Lipinski definition) is 4. The molecule has 0 aromatic rings. The van der Waals surface area contributed by atoms with Gasteiger partial charge in [0.1, 0.15) is 24.0 Å². The first kappa shape index (κ1) is 12.6. The van der Waals surface area contributed by atoms with E-state index in [9.17, 15) is 9.59 Å². The SMILES string of the molecule is O=C(CCl)OC1CCCC1OC(=O)CCl. The third kappa shape index (κ3) is 3.87. The molecule has 1 saturated carbocycles. The summed E-state index contributed by atoms with van der Waals surface area (Å²) >= 11 is 10.6. The van der Waals surface area contributed by atoms with E-state index in [2.05, 4.69) is 0 Å². The lowest BCUT2D eigenvalue weighted by atomic mass is 10.2. The predicted molar refractivity (Wildman–Crippen MR) is 55.1 cm³/mol. The Labute approximate surface area is 97.8 Å². The molecule has 0 amide bonds. The van der Waals surface area contributed by atoms with E-state index in [1.807, 2.05) is 0 Å². The molecule has 0 saturated heterocycles. The van der Waals surface area contributed by atoms with Crippen LogP contribution in [0, 0.1) is 0 Å². The molecule has 0 aromatic heterocycles. The quantitative estimate of drug-likeness (QED) is 0.564. The fraction of sp³-hybridized carbons (Fsp3) is 0.778. The van der Waals surface area contributed by atoms with Gasteiger partial charge in [0.05, 0.1) is 0 Å². The van der Waals surface area contributed by atoms with Gasteiger partial charge < -0.3 is 9.47 Å². The maximum Gasteiger partial charge on any atom is 0.321 e. The maximum atomic E-state index is 10.9. The van der Waals surface area contributed by atoms with Crippen molar-refractivity contribution in [3.05, 3.63) is 0 Å². The van der Waals surface area contributed by atoms with Crippen LogP contribution in [0.2, 0.25) is 0 Å². The van der Waals surface area contributed by atoms with Crippen molar-refractivity contribution >= 4 is 35.1 Å². The predicted octanol–water partition coefficient (Wildman–Crippen LogP) is 1.47. The number of carbonyl (C=O) groups excluding carboxylic acids is 2. The Morgan fingerprint density at radius 2 is 1.40 bits per heavy atom. The molecule has 0 aromatic carbocycles. The largest absolute Gasteiger partial charge is 0.458 e. The smallest absolute Gasteiger partial charge is 0.321 e. The minimum Gasteiger partial charge on any atom is -0.458 e. The van der Waals surface area contributed by atoms with Crippen LogP contribution in [0.1, 0.15) is 19.3 Å². The van der Waals surface area contributed by atoms with Gasteiger partial charge in [-0.1, -0.05) is 0 Å². The van der Waals surface area contributed by atoms with Crippen molar-refractivity contribution < 1.29 is 19.1 Å². The second kappa shape index (κ2) is 6.18. The molecule has 0 radical (unpaired) electrons. The Bertz CT molecular complexity index is 220. The van der Waals surface area contributed by atoms with Gasteiger partial charge >= 0.3 is 11.9 Å². The number of alkyl halides is 2. The number of rotatable bonds is 4. The van der Waals surface area contributed by atoms with E-state index in [1.165, 1.54) is 0 Å². The van der Waals surface area contributed by atoms with Crippen LogP contribution < -0.4 is 0 Å². The van der Waals surface area contributed by atoms with Gasteiger partial charge in [0.15, 0.2) is 0 Å². The summed E-state index contributed by atoms with van der Waals surface area (Å²) in [7, 11) is 0. The highest BCUT2D eigenvalue weighted by Crippen LogP contribution is 2.25. The molecule has 0 heterocycles. The molecule has 2 unspecified atom stereocenters. The minimum atomic E-state index is -0.490. The summed E-state index contributed by atoms with van der Waals surface area (Å²) in [6, 6.07) is 0. The van der Waals surface area contributed by atoms with Gasteiger partial charge in [-0.2, -0.15) is 0 Å². The number of esters is 2. The molecule has 2 atom stereocenters. The first-order chi connectivity index (χ1) is 7.17. The monoisotopic (exact) mass is 254 g/mol. The van der Waals surface area contributed by atoms with Crippen molar-refractivity contribution in [2.75, 3.05) is 11.8 Å². The van der Waals surface area contributed by atoms with Gasteiger partial charge in [-0.25, -0.2) is 0 Å². The zero-order valence-corrected chi connectivity index (χ0v) is 9.59. The molecule has 0 spiro atoms. The molecule has 6 heteroatoms. The van der Waals surface area contributed by atoms with Gasteiger partial charge in [0.2, 0.25) is 0 Å². The Morgan fingerprint density at radius 1 is 1.00 bits per heavy atom. The molecule has 86 valence electrons. The lowest BCUT2D eigenvalue weighted by Crippen LogP contribution is -2.31. The standard InChI is InChI=1S/C9H12Cl2O4/c10-4-8(12)14-6-2-1-3-7(6)15-9(13)5-11/h6-7H,1-5H2. The van der Waals surface area contributed by atoms with E-state index in [1.54, 1.807) is 0 Å². The number of ether oxygens (including phenoxy) is 2. The summed E-state index contributed by atoms with van der Waals surface area (Å²) in [5.41, 5.74) is 0. The summed E-state index contributed by atoms with van der Waals surface area (Å²) in [5, 5.41) is 0. The van der Waals surface area contributed by atoms with Crippen LogP contribution in [-0.4, -0.2) is 35.9 Å². The Hall–Kier alpha value is -0.480. The van der Waals surface area contributed by atoms with E-state index in [-0.39, 0.29) is 24.0 Å². The van der Waals surface area contributed by atoms with E-state index in [0.29, 0.717) is 12.8 Å². The molecule has 1 fully saturated rings. The van der Waals surface area contributed by atoms with Crippen LogP contribution in [-0.2, 0) is 19.1 Å². The topological polar surface area (TPSA) is 52.6 Å². The Morgan fingerprint density at radius 3 is 1.73 bits per heavy atom. The van der Waals surface area contributed by atoms with Crippen LogP contribution in [0.4, 0.5) is 0 Å². The minimum absolute atomic E-state index is 0.188.